The van der Waals surface area contributed by atoms with Crippen molar-refractivity contribution in [2.24, 2.45) is 0 Å². The predicted molar refractivity (Wildman–Crippen MR) is 72.2 cm³/mol. The highest BCUT2D eigenvalue weighted by molar-refractivity contribution is 5.23. The molecule has 3 heteroatoms. The highest BCUT2D eigenvalue weighted by Gasteiger charge is 2.09. The third-order valence-corrected chi connectivity index (χ3v) is 2.81. The number of rotatable bonds is 6. The van der Waals surface area contributed by atoms with Crippen LogP contribution in [0.25, 0.3) is 0 Å². The molecule has 96 valence electrons. The lowest BCUT2D eigenvalue weighted by molar-refractivity contribution is 0.132. The van der Waals surface area contributed by atoms with Crippen molar-refractivity contribution in [3.63, 3.8) is 0 Å². The second-order valence-electron chi connectivity index (χ2n) is 4.96. The summed E-state index contributed by atoms with van der Waals surface area (Å²) in [4.78, 5) is 1.99. The second kappa shape index (κ2) is 6.74. The first kappa shape index (κ1) is 14.2. The fourth-order valence-corrected chi connectivity index (χ4v) is 1.77. The van der Waals surface area contributed by atoms with Gasteiger partial charge in [0.15, 0.2) is 0 Å². The number of aliphatic hydroxyl groups excluding tert-OH is 1. The second-order valence-corrected chi connectivity index (χ2v) is 4.96. The van der Waals surface area contributed by atoms with Crippen LogP contribution in [-0.4, -0.2) is 43.3 Å². The molecule has 1 unspecified atom stereocenters. The van der Waals surface area contributed by atoms with E-state index in [1.807, 2.05) is 19.0 Å². The van der Waals surface area contributed by atoms with Crippen molar-refractivity contribution in [2.75, 3.05) is 27.2 Å². The first-order chi connectivity index (χ1) is 7.99. The maximum atomic E-state index is 9.76. The van der Waals surface area contributed by atoms with Gasteiger partial charge in [0, 0.05) is 19.1 Å². The van der Waals surface area contributed by atoms with Gasteiger partial charge in [0.25, 0.3) is 0 Å². The lowest BCUT2D eigenvalue weighted by atomic mass is 10.1. The summed E-state index contributed by atoms with van der Waals surface area (Å²) in [5, 5.41) is 13.1. The average Bonchev–Trinajstić information content (AvgIpc) is 2.26. The Morgan fingerprint density at radius 2 is 1.82 bits per heavy atom. The Balaban J connectivity index is 2.39. The van der Waals surface area contributed by atoms with Gasteiger partial charge < -0.3 is 15.3 Å². The van der Waals surface area contributed by atoms with Crippen LogP contribution in [0, 0.1) is 6.92 Å². The molecule has 0 aromatic heterocycles. The number of aliphatic hydroxyl groups is 1. The van der Waals surface area contributed by atoms with Crippen molar-refractivity contribution in [3.05, 3.63) is 35.4 Å². The van der Waals surface area contributed by atoms with E-state index < -0.39 is 0 Å². The molecule has 1 aromatic rings. The first-order valence-corrected chi connectivity index (χ1v) is 6.11. The molecular formula is C14H24N2O. The summed E-state index contributed by atoms with van der Waals surface area (Å²) in [7, 11) is 3.93. The van der Waals surface area contributed by atoms with Crippen LogP contribution in [0.1, 0.15) is 24.1 Å². The van der Waals surface area contributed by atoms with Crippen molar-refractivity contribution < 1.29 is 5.11 Å². The number of aryl methyl sites for hydroxylation is 1. The van der Waals surface area contributed by atoms with Gasteiger partial charge in [-0.1, -0.05) is 29.8 Å². The van der Waals surface area contributed by atoms with Crippen LogP contribution in [0.5, 0.6) is 0 Å². The zero-order chi connectivity index (χ0) is 12.8. The van der Waals surface area contributed by atoms with Gasteiger partial charge in [-0.3, -0.25) is 0 Å². The normalized spacial score (nSPS) is 14.9. The molecule has 0 saturated carbocycles. The maximum absolute atomic E-state index is 9.76. The quantitative estimate of drug-likeness (QED) is 0.787. The number of hydrogen-bond acceptors (Lipinski definition) is 3. The maximum Gasteiger partial charge on any atom is 0.0791 e. The minimum absolute atomic E-state index is 0.271. The van der Waals surface area contributed by atoms with Crippen LogP contribution in [0.15, 0.2) is 24.3 Å². The summed E-state index contributed by atoms with van der Waals surface area (Å²) in [5.74, 6) is 0. The van der Waals surface area contributed by atoms with E-state index in [2.05, 4.69) is 43.4 Å². The molecule has 0 heterocycles. The Hall–Kier alpha value is -0.900. The SMILES string of the molecule is Cc1ccc([C@H](C)NCC(O)CN(C)C)cc1. The molecule has 3 nitrogen and oxygen atoms in total. The van der Waals surface area contributed by atoms with E-state index in [-0.39, 0.29) is 12.1 Å². The van der Waals surface area contributed by atoms with Gasteiger partial charge in [0.05, 0.1) is 6.10 Å². The van der Waals surface area contributed by atoms with Crippen molar-refractivity contribution >= 4 is 0 Å². The molecule has 0 radical (unpaired) electrons. The molecule has 0 bridgehead atoms. The molecule has 1 rings (SSSR count). The zero-order valence-electron chi connectivity index (χ0n) is 11.3. The molecular weight excluding hydrogens is 212 g/mol. The number of nitrogens with zero attached hydrogens (tertiary/aromatic N) is 1. The monoisotopic (exact) mass is 236 g/mol. The summed E-state index contributed by atoms with van der Waals surface area (Å²) < 4.78 is 0. The van der Waals surface area contributed by atoms with Crippen LogP contribution in [0.4, 0.5) is 0 Å². The number of benzene rings is 1. The molecule has 0 aliphatic rings. The Labute approximate surface area is 104 Å². The van der Waals surface area contributed by atoms with E-state index in [4.69, 9.17) is 0 Å². The Kier molecular flexibility index (Phi) is 5.62. The third kappa shape index (κ3) is 5.31. The highest BCUT2D eigenvalue weighted by atomic mass is 16.3. The molecule has 1 aromatic carbocycles. The van der Waals surface area contributed by atoms with Crippen LogP contribution in [-0.2, 0) is 0 Å². The number of nitrogens with one attached hydrogen (secondary N) is 1. The van der Waals surface area contributed by atoms with Crippen molar-refractivity contribution in [1.29, 1.82) is 0 Å². The Morgan fingerprint density at radius 3 is 2.35 bits per heavy atom. The van der Waals surface area contributed by atoms with Crippen LogP contribution in [0.3, 0.4) is 0 Å². The lowest BCUT2D eigenvalue weighted by Crippen LogP contribution is -2.36. The average molecular weight is 236 g/mol. The van der Waals surface area contributed by atoms with Gasteiger partial charge in [-0.15, -0.1) is 0 Å². The van der Waals surface area contributed by atoms with E-state index in [9.17, 15) is 5.11 Å². The summed E-state index contributed by atoms with van der Waals surface area (Å²) >= 11 is 0. The predicted octanol–water partition coefficient (Wildman–Crippen LogP) is 1.57. The van der Waals surface area contributed by atoms with Crippen molar-refractivity contribution in [1.82, 2.24) is 10.2 Å². The van der Waals surface area contributed by atoms with E-state index in [1.54, 1.807) is 0 Å². The standard InChI is InChI=1S/C14H24N2O/c1-11-5-7-13(8-6-11)12(2)15-9-14(17)10-16(3)4/h5-8,12,14-15,17H,9-10H2,1-4H3/t12-,14?/m0/s1. The fourth-order valence-electron chi connectivity index (χ4n) is 1.77. The third-order valence-electron chi connectivity index (χ3n) is 2.81. The van der Waals surface area contributed by atoms with Gasteiger partial charge in [-0.2, -0.15) is 0 Å². The number of hydrogen-bond donors (Lipinski definition) is 2. The van der Waals surface area contributed by atoms with Crippen molar-refractivity contribution in [2.45, 2.75) is 26.0 Å². The molecule has 17 heavy (non-hydrogen) atoms. The van der Waals surface area contributed by atoms with Gasteiger partial charge in [0.2, 0.25) is 0 Å². The summed E-state index contributed by atoms with van der Waals surface area (Å²) in [6.45, 7) is 5.51. The Morgan fingerprint density at radius 1 is 1.24 bits per heavy atom. The molecule has 0 aliphatic carbocycles. The largest absolute Gasteiger partial charge is 0.390 e. The van der Waals surface area contributed by atoms with Crippen LogP contribution in [0.2, 0.25) is 0 Å². The molecule has 0 spiro atoms. The van der Waals surface area contributed by atoms with Crippen molar-refractivity contribution in [3.8, 4) is 0 Å². The van der Waals surface area contributed by atoms with Gasteiger partial charge in [-0.05, 0) is 33.5 Å². The summed E-state index contributed by atoms with van der Waals surface area (Å²) in [6, 6.07) is 8.76. The Bertz CT molecular complexity index is 321. The smallest absolute Gasteiger partial charge is 0.0791 e. The molecule has 0 aliphatic heterocycles. The van der Waals surface area contributed by atoms with Gasteiger partial charge in [0.1, 0.15) is 0 Å². The summed E-state index contributed by atoms with van der Waals surface area (Å²) in [5.41, 5.74) is 2.53. The number of likely N-dealkylation sites (N-methyl/N-ethyl adjacent to an activating group) is 1. The molecule has 0 fully saturated rings. The summed E-state index contributed by atoms with van der Waals surface area (Å²) in [6.07, 6.45) is -0.321. The van der Waals surface area contributed by atoms with Gasteiger partial charge in [-0.25, -0.2) is 0 Å². The molecule has 2 N–H and O–H groups in total. The van der Waals surface area contributed by atoms with E-state index in [0.29, 0.717) is 13.1 Å². The molecule has 2 atom stereocenters. The lowest BCUT2D eigenvalue weighted by Gasteiger charge is -2.20. The minimum atomic E-state index is -0.321. The molecule has 0 saturated heterocycles. The van der Waals surface area contributed by atoms with Gasteiger partial charge >= 0.3 is 0 Å². The minimum Gasteiger partial charge on any atom is -0.390 e. The van der Waals surface area contributed by atoms with E-state index in [0.717, 1.165) is 0 Å². The fraction of sp³-hybridized carbons (Fsp3) is 0.571. The van der Waals surface area contributed by atoms with Crippen LogP contribution >= 0.6 is 0 Å². The zero-order valence-corrected chi connectivity index (χ0v) is 11.3. The van der Waals surface area contributed by atoms with Crippen LogP contribution < -0.4 is 5.32 Å². The van der Waals surface area contributed by atoms with E-state index >= 15 is 0 Å². The highest BCUT2D eigenvalue weighted by Crippen LogP contribution is 2.12. The van der Waals surface area contributed by atoms with E-state index in [1.165, 1.54) is 11.1 Å². The first-order valence-electron chi connectivity index (χ1n) is 6.11. The molecule has 0 amide bonds. The topological polar surface area (TPSA) is 35.5 Å².